The lowest BCUT2D eigenvalue weighted by Gasteiger charge is -2.34. The van der Waals surface area contributed by atoms with E-state index in [1.54, 1.807) is 10.0 Å². The van der Waals surface area contributed by atoms with Crippen molar-refractivity contribution in [3.63, 3.8) is 0 Å². The average molecular weight is 438 g/mol. The molecular formula is C21H16F2N6OS. The number of piperidine rings is 2. The van der Waals surface area contributed by atoms with Crippen molar-refractivity contribution in [2.24, 2.45) is 5.92 Å². The first kappa shape index (κ1) is 17.6. The van der Waals surface area contributed by atoms with E-state index in [1.807, 2.05) is 23.1 Å². The van der Waals surface area contributed by atoms with Gasteiger partial charge in [-0.3, -0.25) is 4.79 Å². The lowest BCUT2D eigenvalue weighted by molar-refractivity contribution is 0.0619. The number of halogens is 2. The van der Waals surface area contributed by atoms with Crippen molar-refractivity contribution >= 4 is 33.2 Å². The molecule has 2 aliphatic carbocycles. The molecule has 31 heavy (non-hydrogen) atoms. The molecule has 7 nitrogen and oxygen atoms in total. The van der Waals surface area contributed by atoms with Crippen molar-refractivity contribution in [3.8, 4) is 0 Å². The maximum absolute atomic E-state index is 13.5. The summed E-state index contributed by atoms with van der Waals surface area (Å²) in [6, 6.07) is 7.18. The third kappa shape index (κ3) is 2.18. The highest BCUT2D eigenvalue weighted by Crippen LogP contribution is 2.70. The summed E-state index contributed by atoms with van der Waals surface area (Å²) in [5, 5.41) is 4.26. The number of hydrogen-bond donors (Lipinski definition) is 0. The van der Waals surface area contributed by atoms with Gasteiger partial charge in [-0.25, -0.2) is 23.3 Å². The molecule has 4 aromatic rings. The van der Waals surface area contributed by atoms with Crippen LogP contribution in [0.15, 0.2) is 36.1 Å². The van der Waals surface area contributed by atoms with Crippen molar-refractivity contribution in [2.75, 3.05) is 0 Å². The fourth-order valence-corrected chi connectivity index (χ4v) is 6.82. The minimum Gasteiger partial charge on any atom is -0.331 e. The van der Waals surface area contributed by atoms with Gasteiger partial charge in [0.25, 0.3) is 18.1 Å². The third-order valence-corrected chi connectivity index (χ3v) is 8.12. The van der Waals surface area contributed by atoms with Gasteiger partial charge in [-0.05, 0) is 49.4 Å². The molecule has 0 spiro atoms. The molecule has 0 radical (unpaired) electrons. The first-order chi connectivity index (χ1) is 15.1. The molecule has 4 bridgehead atoms. The Kier molecular flexibility index (Phi) is 3.31. The molecule has 1 amide bonds. The number of alkyl halides is 2. The Balaban J connectivity index is 1.32. The minimum absolute atomic E-state index is 0.00349. The Morgan fingerprint density at radius 3 is 2.97 bits per heavy atom. The summed E-state index contributed by atoms with van der Waals surface area (Å²) in [5.74, 6) is 0.436. The summed E-state index contributed by atoms with van der Waals surface area (Å²) in [5.41, 5.74) is 3.38. The second-order valence-electron chi connectivity index (χ2n) is 8.61. The van der Waals surface area contributed by atoms with Gasteiger partial charge in [0.05, 0.1) is 21.4 Å². The van der Waals surface area contributed by atoms with Gasteiger partial charge in [0.1, 0.15) is 12.0 Å². The lowest BCUT2D eigenvalue weighted by atomic mass is 9.83. The van der Waals surface area contributed by atoms with E-state index in [1.165, 1.54) is 23.7 Å². The standard InChI is InChI=1S/C21H16F2N6OS/c22-18(23)14-6-16(29-20(27-14)24-8-26-29)21-7-11-2-3-12(21)17(21)28(11)19(30)10-1-4-13-15(5-10)31-9-25-13/h1,4-6,8-9,11-12,17-18H,2-3,7H2/t11?,12-,17+,21?/m1/s1. The summed E-state index contributed by atoms with van der Waals surface area (Å²) in [7, 11) is 0. The van der Waals surface area contributed by atoms with E-state index in [9.17, 15) is 13.6 Å². The molecule has 2 saturated heterocycles. The molecular weight excluding hydrogens is 422 g/mol. The van der Waals surface area contributed by atoms with Crippen LogP contribution in [-0.2, 0) is 5.41 Å². The Morgan fingerprint density at radius 1 is 1.23 bits per heavy atom. The molecule has 3 aromatic heterocycles. The van der Waals surface area contributed by atoms with Gasteiger partial charge in [-0.1, -0.05) is 0 Å². The van der Waals surface area contributed by atoms with E-state index in [-0.39, 0.29) is 40.8 Å². The molecule has 2 unspecified atom stereocenters. The number of carbonyl (C=O) groups is 1. The maximum Gasteiger partial charge on any atom is 0.280 e. The SMILES string of the molecule is O=C(c1ccc2ncsc2c1)N1C2CC[C@@H]3[C@H]1C3(c1cc(C(F)F)nc3ncnn13)C2. The molecule has 0 N–H and O–H groups in total. The van der Waals surface area contributed by atoms with Crippen LogP contribution in [0.4, 0.5) is 8.78 Å². The van der Waals surface area contributed by atoms with Crippen LogP contribution in [0.1, 0.15) is 47.4 Å². The van der Waals surface area contributed by atoms with Crippen molar-refractivity contribution in [3.05, 3.63) is 53.1 Å². The van der Waals surface area contributed by atoms with Gasteiger partial charge >= 0.3 is 0 Å². The van der Waals surface area contributed by atoms with Gasteiger partial charge in [-0.2, -0.15) is 10.1 Å². The van der Waals surface area contributed by atoms with E-state index < -0.39 is 6.43 Å². The molecule has 4 atom stereocenters. The largest absolute Gasteiger partial charge is 0.331 e. The quantitative estimate of drug-likeness (QED) is 0.488. The Morgan fingerprint density at radius 2 is 2.13 bits per heavy atom. The van der Waals surface area contributed by atoms with Crippen LogP contribution in [0.5, 0.6) is 0 Å². The zero-order chi connectivity index (χ0) is 20.9. The monoisotopic (exact) mass is 438 g/mol. The number of aromatic nitrogens is 5. The topological polar surface area (TPSA) is 76.3 Å². The number of fused-ring (bicyclic) bond motifs is 3. The molecule has 2 aliphatic heterocycles. The summed E-state index contributed by atoms with van der Waals surface area (Å²) < 4.78 is 29.6. The zero-order valence-electron chi connectivity index (χ0n) is 16.2. The zero-order valence-corrected chi connectivity index (χ0v) is 17.0. The van der Waals surface area contributed by atoms with Crippen LogP contribution in [0.2, 0.25) is 0 Å². The fourth-order valence-electron chi connectivity index (χ4n) is 6.10. The van der Waals surface area contributed by atoms with Gasteiger partial charge in [0, 0.05) is 23.1 Å². The first-order valence-electron chi connectivity index (χ1n) is 10.2. The predicted molar refractivity (Wildman–Crippen MR) is 108 cm³/mol. The van der Waals surface area contributed by atoms with Crippen LogP contribution in [-0.4, -0.2) is 47.5 Å². The number of rotatable bonds is 3. The fraction of sp³-hybridized carbons (Fsp3) is 0.381. The highest BCUT2D eigenvalue weighted by atomic mass is 32.1. The molecule has 4 aliphatic rings. The predicted octanol–water partition coefficient (Wildman–Crippen LogP) is 3.62. The van der Waals surface area contributed by atoms with Gasteiger partial charge in [0.2, 0.25) is 0 Å². The number of thiazole rings is 1. The molecule has 2 saturated carbocycles. The smallest absolute Gasteiger partial charge is 0.280 e. The summed E-state index contributed by atoms with van der Waals surface area (Å²) in [6.45, 7) is 0. The summed E-state index contributed by atoms with van der Waals surface area (Å²) >= 11 is 1.51. The summed E-state index contributed by atoms with van der Waals surface area (Å²) in [4.78, 5) is 27.8. The second-order valence-corrected chi connectivity index (χ2v) is 9.50. The minimum atomic E-state index is -2.68. The van der Waals surface area contributed by atoms with Gasteiger partial charge in [0.15, 0.2) is 0 Å². The number of carbonyl (C=O) groups excluding carboxylic acids is 1. The molecule has 1 aromatic carbocycles. The highest BCUT2D eigenvalue weighted by Gasteiger charge is 2.77. The van der Waals surface area contributed by atoms with E-state index in [2.05, 4.69) is 20.1 Å². The Labute approximate surface area is 178 Å². The number of benzene rings is 1. The van der Waals surface area contributed by atoms with Crippen LogP contribution >= 0.6 is 11.3 Å². The number of hydrogen-bond acceptors (Lipinski definition) is 6. The van der Waals surface area contributed by atoms with E-state index in [0.717, 1.165) is 29.5 Å². The molecule has 8 rings (SSSR count). The molecule has 10 heteroatoms. The normalized spacial score (nSPS) is 28.7. The van der Waals surface area contributed by atoms with Crippen molar-refractivity contribution < 1.29 is 13.6 Å². The van der Waals surface area contributed by atoms with Gasteiger partial charge in [-0.15, -0.1) is 11.3 Å². The van der Waals surface area contributed by atoms with E-state index in [0.29, 0.717) is 11.3 Å². The lowest BCUT2D eigenvalue weighted by Crippen LogP contribution is -2.42. The molecule has 5 heterocycles. The number of amides is 1. The summed E-state index contributed by atoms with van der Waals surface area (Å²) in [6.07, 6.45) is 1.34. The van der Waals surface area contributed by atoms with Crippen LogP contribution < -0.4 is 0 Å². The van der Waals surface area contributed by atoms with Crippen molar-refractivity contribution in [1.82, 2.24) is 29.5 Å². The average Bonchev–Trinajstić information content (AvgIpc) is 3.20. The Bertz CT molecular complexity index is 1380. The number of nitrogens with zero attached hydrogens (tertiary/aromatic N) is 6. The first-order valence-corrected chi connectivity index (χ1v) is 11.1. The van der Waals surface area contributed by atoms with Crippen molar-refractivity contribution in [1.29, 1.82) is 0 Å². The van der Waals surface area contributed by atoms with Crippen LogP contribution in [0, 0.1) is 5.92 Å². The Hall–Kier alpha value is -3.01. The van der Waals surface area contributed by atoms with E-state index in [4.69, 9.17) is 0 Å². The third-order valence-electron chi connectivity index (χ3n) is 7.32. The molecule has 156 valence electrons. The second kappa shape index (κ2) is 5.82. The van der Waals surface area contributed by atoms with Crippen LogP contribution in [0.3, 0.4) is 0 Å². The maximum atomic E-state index is 13.5. The van der Waals surface area contributed by atoms with Crippen molar-refractivity contribution in [2.45, 2.75) is 43.2 Å². The highest BCUT2D eigenvalue weighted by molar-refractivity contribution is 7.16. The van der Waals surface area contributed by atoms with E-state index >= 15 is 0 Å². The van der Waals surface area contributed by atoms with Crippen LogP contribution in [0.25, 0.3) is 16.0 Å². The van der Waals surface area contributed by atoms with Gasteiger partial charge < -0.3 is 4.90 Å². The molecule has 4 fully saturated rings.